The number of nitrogens with zero attached hydrogens (tertiary/aromatic N) is 2. The Morgan fingerprint density at radius 2 is 2.23 bits per heavy atom. The van der Waals surface area contributed by atoms with Crippen LogP contribution in [0, 0.1) is 0 Å². The van der Waals surface area contributed by atoms with Crippen molar-refractivity contribution in [3.05, 3.63) is 51.1 Å². The normalized spacial score (nSPS) is 11.2. The van der Waals surface area contributed by atoms with E-state index in [1.165, 1.54) is 35.0 Å². The molecule has 0 aliphatic heterocycles. The number of nitrogen functional groups attached to an aromatic ring is 1. The molecule has 140 valence electrons. The molecule has 2 rings (SSSR count). The van der Waals surface area contributed by atoms with Crippen molar-refractivity contribution in [2.75, 3.05) is 30.9 Å². The molecule has 0 spiro atoms. The molecule has 0 aromatic carbocycles. The molecule has 0 unspecified atom stereocenters. The first kappa shape index (κ1) is 19.3. The molecule has 9 nitrogen and oxygen atoms in total. The number of nitrogens with one attached hydrogen (secondary N) is 1. The third kappa shape index (κ3) is 4.31. The van der Waals surface area contributed by atoms with Gasteiger partial charge in [0.25, 0.3) is 11.5 Å². The molecule has 0 atom stereocenters. The Balaban J connectivity index is 2.46. The molecule has 2 aromatic heterocycles. The fourth-order valence-electron chi connectivity index (χ4n) is 2.43. The molecule has 0 fully saturated rings. The van der Waals surface area contributed by atoms with Gasteiger partial charge in [0.2, 0.25) is 0 Å². The summed E-state index contributed by atoms with van der Waals surface area (Å²) in [6, 6.07) is 3.38. The average Bonchev–Trinajstić information content (AvgIpc) is 3.12. The maximum Gasteiger partial charge on any atom is 0.330 e. The minimum Gasteiger partial charge on any atom is -0.465 e. The third-order valence-electron chi connectivity index (χ3n) is 3.65. The molecule has 0 saturated heterocycles. The summed E-state index contributed by atoms with van der Waals surface area (Å²) in [6.07, 6.45) is 4.87. The molecular formula is C17H22N4O5. The standard InChI is InChI=1S/C17H22N4O5/c1-3-8-21-15(18)14(16(23)19-17(21)24)20(9-11-25-2)13(22)7-6-12-5-4-10-26-12/h4-7,10H,3,8-9,11,18H2,1-2H3,(H,19,23,24). The topological polar surface area (TPSA) is 124 Å². The van der Waals surface area contributed by atoms with Gasteiger partial charge in [0.05, 0.1) is 12.9 Å². The summed E-state index contributed by atoms with van der Waals surface area (Å²) >= 11 is 0. The van der Waals surface area contributed by atoms with Crippen LogP contribution in [0.5, 0.6) is 0 Å². The zero-order valence-corrected chi connectivity index (χ0v) is 14.7. The van der Waals surface area contributed by atoms with Gasteiger partial charge in [-0.25, -0.2) is 4.79 Å². The molecule has 2 heterocycles. The van der Waals surface area contributed by atoms with Crippen molar-refractivity contribution < 1.29 is 13.9 Å². The summed E-state index contributed by atoms with van der Waals surface area (Å²) in [4.78, 5) is 40.3. The number of anilines is 2. The number of carbonyl (C=O) groups is 1. The first-order valence-electron chi connectivity index (χ1n) is 8.14. The van der Waals surface area contributed by atoms with Gasteiger partial charge >= 0.3 is 5.69 Å². The van der Waals surface area contributed by atoms with Gasteiger partial charge in [0, 0.05) is 26.3 Å². The molecule has 3 N–H and O–H groups in total. The Kier molecular flexibility index (Phi) is 6.56. The number of hydrogen-bond acceptors (Lipinski definition) is 6. The Labute approximate surface area is 149 Å². The molecule has 26 heavy (non-hydrogen) atoms. The highest BCUT2D eigenvalue weighted by Crippen LogP contribution is 2.17. The van der Waals surface area contributed by atoms with E-state index in [-0.39, 0.29) is 24.7 Å². The highest BCUT2D eigenvalue weighted by Gasteiger charge is 2.22. The molecule has 2 aromatic rings. The first-order chi connectivity index (χ1) is 12.5. The third-order valence-corrected chi connectivity index (χ3v) is 3.65. The highest BCUT2D eigenvalue weighted by molar-refractivity contribution is 6.04. The van der Waals surface area contributed by atoms with Gasteiger partial charge in [-0.2, -0.15) is 0 Å². The first-order valence-corrected chi connectivity index (χ1v) is 8.14. The van der Waals surface area contributed by atoms with Gasteiger partial charge in [-0.1, -0.05) is 6.92 Å². The van der Waals surface area contributed by atoms with E-state index >= 15 is 0 Å². The Morgan fingerprint density at radius 3 is 2.85 bits per heavy atom. The highest BCUT2D eigenvalue weighted by atomic mass is 16.5. The number of ether oxygens (including phenoxy) is 1. The van der Waals surface area contributed by atoms with Crippen LogP contribution in [0.4, 0.5) is 11.5 Å². The van der Waals surface area contributed by atoms with E-state index in [0.29, 0.717) is 18.7 Å². The second kappa shape index (κ2) is 8.86. The number of hydrogen-bond donors (Lipinski definition) is 2. The van der Waals surface area contributed by atoms with Crippen LogP contribution in [0.25, 0.3) is 6.08 Å². The van der Waals surface area contributed by atoms with Gasteiger partial charge in [0.1, 0.15) is 11.6 Å². The molecule has 0 bridgehead atoms. The maximum atomic E-state index is 12.6. The molecule has 0 aliphatic rings. The van der Waals surface area contributed by atoms with E-state index in [2.05, 4.69) is 4.98 Å². The lowest BCUT2D eigenvalue weighted by molar-refractivity contribution is -0.114. The average molecular weight is 362 g/mol. The van der Waals surface area contributed by atoms with Gasteiger partial charge in [0.15, 0.2) is 5.69 Å². The van der Waals surface area contributed by atoms with E-state index in [1.807, 2.05) is 6.92 Å². The fourth-order valence-corrected chi connectivity index (χ4v) is 2.43. The van der Waals surface area contributed by atoms with Crippen molar-refractivity contribution in [1.29, 1.82) is 0 Å². The molecule has 0 saturated carbocycles. The largest absolute Gasteiger partial charge is 0.465 e. The Bertz CT molecular complexity index is 880. The number of aromatic amines is 1. The zero-order valence-electron chi connectivity index (χ0n) is 14.7. The van der Waals surface area contributed by atoms with Crippen molar-refractivity contribution in [3.8, 4) is 0 Å². The minimum absolute atomic E-state index is 0.0588. The number of methoxy groups -OCH3 is 1. The van der Waals surface area contributed by atoms with E-state index < -0.39 is 17.2 Å². The fraction of sp³-hybridized carbons (Fsp3) is 0.353. The summed E-state index contributed by atoms with van der Waals surface area (Å²) in [6.45, 7) is 2.47. The number of carbonyl (C=O) groups excluding carboxylic acids is 1. The summed E-state index contributed by atoms with van der Waals surface area (Å²) in [5, 5.41) is 0. The molecule has 9 heteroatoms. The second-order valence-corrected chi connectivity index (χ2v) is 5.48. The predicted molar refractivity (Wildman–Crippen MR) is 98.0 cm³/mol. The van der Waals surface area contributed by atoms with E-state index in [1.54, 1.807) is 12.1 Å². The van der Waals surface area contributed by atoms with Crippen molar-refractivity contribution in [3.63, 3.8) is 0 Å². The number of furan rings is 1. The van der Waals surface area contributed by atoms with Gasteiger partial charge in [-0.15, -0.1) is 0 Å². The summed E-state index contributed by atoms with van der Waals surface area (Å²) in [7, 11) is 1.48. The number of aromatic nitrogens is 2. The van der Waals surface area contributed by atoms with E-state index in [9.17, 15) is 14.4 Å². The zero-order chi connectivity index (χ0) is 19.1. The van der Waals surface area contributed by atoms with Gasteiger partial charge < -0.3 is 14.9 Å². The molecule has 1 amide bonds. The summed E-state index contributed by atoms with van der Waals surface area (Å²) in [5.41, 5.74) is 4.62. The number of H-pyrrole nitrogens is 1. The van der Waals surface area contributed by atoms with Gasteiger partial charge in [-0.05, 0) is 24.6 Å². The van der Waals surface area contributed by atoms with Crippen LogP contribution in [0.15, 0.2) is 38.5 Å². The van der Waals surface area contributed by atoms with Crippen molar-refractivity contribution >= 4 is 23.5 Å². The summed E-state index contributed by atoms with van der Waals surface area (Å²) in [5.74, 6) is -0.0586. The SMILES string of the molecule is CCCn1c(N)c(N(CCOC)C(=O)C=Cc2ccco2)c(=O)[nH]c1=O. The van der Waals surface area contributed by atoms with Crippen LogP contribution < -0.4 is 21.9 Å². The van der Waals surface area contributed by atoms with E-state index in [4.69, 9.17) is 14.9 Å². The van der Waals surface area contributed by atoms with Crippen LogP contribution >= 0.6 is 0 Å². The number of rotatable bonds is 8. The molecule has 0 radical (unpaired) electrons. The summed E-state index contributed by atoms with van der Waals surface area (Å²) < 4.78 is 11.4. The lowest BCUT2D eigenvalue weighted by Gasteiger charge is -2.23. The molecular weight excluding hydrogens is 340 g/mol. The monoisotopic (exact) mass is 362 g/mol. The van der Waals surface area contributed by atoms with Gasteiger partial charge in [-0.3, -0.25) is 24.0 Å². The predicted octanol–water partition coefficient (Wildman–Crippen LogP) is 0.815. The van der Waals surface area contributed by atoms with Crippen LogP contribution in [0.2, 0.25) is 0 Å². The second-order valence-electron chi connectivity index (χ2n) is 5.48. The van der Waals surface area contributed by atoms with Crippen LogP contribution in [0.3, 0.4) is 0 Å². The maximum absolute atomic E-state index is 12.6. The van der Waals surface area contributed by atoms with E-state index in [0.717, 1.165) is 0 Å². The molecule has 0 aliphatic carbocycles. The van der Waals surface area contributed by atoms with Crippen molar-refractivity contribution in [1.82, 2.24) is 9.55 Å². The quantitative estimate of drug-likeness (QED) is 0.670. The van der Waals surface area contributed by atoms with Crippen molar-refractivity contribution in [2.45, 2.75) is 19.9 Å². The number of amides is 1. The van der Waals surface area contributed by atoms with Crippen LogP contribution in [-0.2, 0) is 16.1 Å². The van der Waals surface area contributed by atoms with Crippen LogP contribution in [-0.4, -0.2) is 35.7 Å². The minimum atomic E-state index is -0.726. The Morgan fingerprint density at radius 1 is 1.46 bits per heavy atom. The lowest BCUT2D eigenvalue weighted by Crippen LogP contribution is -2.42. The lowest BCUT2D eigenvalue weighted by atomic mass is 10.3. The van der Waals surface area contributed by atoms with Crippen LogP contribution in [0.1, 0.15) is 19.1 Å². The smallest absolute Gasteiger partial charge is 0.330 e. The number of nitrogens with two attached hydrogens (primary N) is 1. The Hall–Kier alpha value is -3.07. The van der Waals surface area contributed by atoms with Crippen molar-refractivity contribution in [2.24, 2.45) is 0 Å².